The van der Waals surface area contributed by atoms with Crippen molar-refractivity contribution in [3.05, 3.63) is 70.8 Å². The van der Waals surface area contributed by atoms with Gasteiger partial charge < -0.3 is 15.4 Å². The maximum Gasteiger partial charge on any atom is 0.191 e. The van der Waals surface area contributed by atoms with Crippen LogP contribution in [0.15, 0.2) is 53.5 Å². The number of hydrogen-bond acceptors (Lipinski definition) is 2. The average Bonchev–Trinajstić information content (AvgIpc) is 2.63. The second-order valence-electron chi connectivity index (χ2n) is 5.94. The summed E-state index contributed by atoms with van der Waals surface area (Å²) in [6.07, 6.45) is 0. The van der Waals surface area contributed by atoms with Crippen molar-refractivity contribution in [1.82, 2.24) is 10.6 Å². The van der Waals surface area contributed by atoms with Gasteiger partial charge >= 0.3 is 0 Å². The van der Waals surface area contributed by atoms with Crippen LogP contribution < -0.4 is 10.6 Å². The van der Waals surface area contributed by atoms with Crippen LogP contribution in [0.25, 0.3) is 0 Å². The number of ether oxygens (including phenoxy) is 1. The van der Waals surface area contributed by atoms with E-state index in [1.807, 2.05) is 6.92 Å². The Morgan fingerprint density at radius 1 is 1.00 bits per heavy atom. The van der Waals surface area contributed by atoms with Crippen LogP contribution in [0.1, 0.15) is 36.1 Å². The molecule has 0 aliphatic carbocycles. The molecule has 2 aromatic carbocycles. The Hall–Kier alpha value is -2.33. The van der Waals surface area contributed by atoms with E-state index in [0.717, 1.165) is 25.7 Å². The van der Waals surface area contributed by atoms with Gasteiger partial charge in [-0.25, -0.2) is 4.99 Å². The first-order valence-corrected chi connectivity index (χ1v) is 8.95. The fraction of sp³-hybridized carbons (Fsp3) is 0.381. The highest BCUT2D eigenvalue weighted by molar-refractivity contribution is 5.79. The van der Waals surface area contributed by atoms with Gasteiger partial charge in [0.1, 0.15) is 0 Å². The number of hydrogen-bond donors (Lipinski definition) is 2. The molecule has 0 aromatic heterocycles. The Labute approximate surface area is 151 Å². The Morgan fingerprint density at radius 2 is 1.80 bits per heavy atom. The summed E-state index contributed by atoms with van der Waals surface area (Å²) in [6, 6.07) is 16.8. The van der Waals surface area contributed by atoms with Gasteiger partial charge in [-0.15, -0.1) is 0 Å². The van der Waals surface area contributed by atoms with Gasteiger partial charge in [0.2, 0.25) is 0 Å². The molecule has 2 rings (SSSR count). The van der Waals surface area contributed by atoms with Crippen LogP contribution in [-0.2, 0) is 24.4 Å². The van der Waals surface area contributed by atoms with E-state index in [0.29, 0.717) is 13.2 Å². The molecule has 25 heavy (non-hydrogen) atoms. The van der Waals surface area contributed by atoms with Crippen molar-refractivity contribution in [3.8, 4) is 0 Å². The Bertz CT molecular complexity index is 682. The molecule has 2 N–H and O–H groups in total. The molecule has 0 saturated heterocycles. The van der Waals surface area contributed by atoms with E-state index in [2.05, 4.69) is 73.0 Å². The summed E-state index contributed by atoms with van der Waals surface area (Å²) < 4.78 is 5.56. The minimum atomic E-state index is 0.644. The standard InChI is InChI=1S/C21H29N3O/c1-4-22-21(23-14-18-10-8-9-17(3)13-18)24-15-19-11-6-7-12-20(19)16-25-5-2/h6-13H,4-5,14-16H2,1-3H3,(H2,22,23,24). The largest absolute Gasteiger partial charge is 0.377 e. The topological polar surface area (TPSA) is 45.7 Å². The van der Waals surface area contributed by atoms with Gasteiger partial charge in [0.25, 0.3) is 0 Å². The van der Waals surface area contributed by atoms with Crippen molar-refractivity contribution in [1.29, 1.82) is 0 Å². The van der Waals surface area contributed by atoms with Crippen molar-refractivity contribution in [2.75, 3.05) is 13.2 Å². The maximum absolute atomic E-state index is 5.56. The van der Waals surface area contributed by atoms with Gasteiger partial charge in [0.05, 0.1) is 13.2 Å². The molecule has 0 aliphatic heterocycles. The van der Waals surface area contributed by atoms with Crippen LogP contribution in [-0.4, -0.2) is 19.1 Å². The number of nitrogens with one attached hydrogen (secondary N) is 2. The smallest absolute Gasteiger partial charge is 0.191 e. The number of aryl methyl sites for hydroxylation is 1. The molecule has 0 bridgehead atoms. The van der Waals surface area contributed by atoms with Gasteiger partial charge in [-0.3, -0.25) is 0 Å². The molecular weight excluding hydrogens is 310 g/mol. The highest BCUT2D eigenvalue weighted by Crippen LogP contribution is 2.10. The van der Waals surface area contributed by atoms with Gasteiger partial charge in [-0.2, -0.15) is 0 Å². The van der Waals surface area contributed by atoms with Gasteiger partial charge in [-0.1, -0.05) is 54.1 Å². The molecular formula is C21H29N3O. The summed E-state index contributed by atoms with van der Waals surface area (Å²) >= 11 is 0. The maximum atomic E-state index is 5.56. The average molecular weight is 339 g/mol. The molecule has 0 atom stereocenters. The highest BCUT2D eigenvalue weighted by atomic mass is 16.5. The molecule has 0 amide bonds. The Kier molecular flexibility index (Phi) is 7.99. The van der Waals surface area contributed by atoms with E-state index >= 15 is 0 Å². The lowest BCUT2D eigenvalue weighted by Crippen LogP contribution is -2.37. The normalized spacial score (nSPS) is 11.4. The number of guanidine groups is 1. The molecule has 2 aromatic rings. The van der Waals surface area contributed by atoms with Crippen LogP contribution in [0.2, 0.25) is 0 Å². The molecule has 0 unspecified atom stereocenters. The number of nitrogens with zero attached hydrogens (tertiary/aromatic N) is 1. The zero-order valence-corrected chi connectivity index (χ0v) is 15.5. The third kappa shape index (κ3) is 6.59. The predicted molar refractivity (Wildman–Crippen MR) is 105 cm³/mol. The van der Waals surface area contributed by atoms with Crippen molar-refractivity contribution in [2.24, 2.45) is 4.99 Å². The van der Waals surface area contributed by atoms with Crippen molar-refractivity contribution < 1.29 is 4.74 Å². The van der Waals surface area contributed by atoms with Crippen molar-refractivity contribution in [2.45, 2.75) is 40.5 Å². The van der Waals surface area contributed by atoms with Gasteiger partial charge in [0, 0.05) is 19.7 Å². The highest BCUT2D eigenvalue weighted by Gasteiger charge is 2.04. The number of aliphatic imine (C=N–C) groups is 1. The van der Waals surface area contributed by atoms with Crippen LogP contribution in [0.4, 0.5) is 0 Å². The second kappa shape index (κ2) is 10.5. The molecule has 0 spiro atoms. The second-order valence-corrected chi connectivity index (χ2v) is 5.94. The zero-order chi connectivity index (χ0) is 17.9. The minimum Gasteiger partial charge on any atom is -0.377 e. The zero-order valence-electron chi connectivity index (χ0n) is 15.5. The first-order valence-electron chi connectivity index (χ1n) is 8.95. The lowest BCUT2D eigenvalue weighted by atomic mass is 10.1. The Balaban J connectivity index is 2.00. The van der Waals surface area contributed by atoms with E-state index < -0.39 is 0 Å². The van der Waals surface area contributed by atoms with Crippen LogP contribution >= 0.6 is 0 Å². The summed E-state index contributed by atoms with van der Waals surface area (Å²) in [7, 11) is 0. The molecule has 0 radical (unpaired) electrons. The van der Waals surface area contributed by atoms with E-state index in [1.165, 1.54) is 22.3 Å². The SMILES string of the molecule is CCNC(=NCc1cccc(C)c1)NCc1ccccc1COCC. The number of benzene rings is 2. The third-order valence-electron chi connectivity index (χ3n) is 3.87. The molecule has 134 valence electrons. The summed E-state index contributed by atoms with van der Waals surface area (Å²) in [5, 5.41) is 6.73. The molecule has 0 aliphatic rings. The van der Waals surface area contributed by atoms with E-state index in [1.54, 1.807) is 0 Å². The van der Waals surface area contributed by atoms with E-state index in [4.69, 9.17) is 9.73 Å². The van der Waals surface area contributed by atoms with Crippen LogP contribution in [0, 0.1) is 6.92 Å². The monoisotopic (exact) mass is 339 g/mol. The third-order valence-corrected chi connectivity index (χ3v) is 3.87. The Morgan fingerprint density at radius 3 is 2.52 bits per heavy atom. The van der Waals surface area contributed by atoms with Crippen molar-refractivity contribution >= 4 is 5.96 Å². The summed E-state index contributed by atoms with van der Waals surface area (Å²) in [6.45, 7) is 9.79. The molecule has 0 heterocycles. The molecule has 0 fully saturated rings. The lowest BCUT2D eigenvalue weighted by Gasteiger charge is -2.14. The fourth-order valence-corrected chi connectivity index (χ4v) is 2.58. The van der Waals surface area contributed by atoms with Gasteiger partial charge in [0.15, 0.2) is 5.96 Å². The lowest BCUT2D eigenvalue weighted by molar-refractivity contribution is 0.133. The van der Waals surface area contributed by atoms with Gasteiger partial charge in [-0.05, 0) is 37.5 Å². The molecule has 4 nitrogen and oxygen atoms in total. The van der Waals surface area contributed by atoms with E-state index in [9.17, 15) is 0 Å². The van der Waals surface area contributed by atoms with Crippen molar-refractivity contribution in [3.63, 3.8) is 0 Å². The fourth-order valence-electron chi connectivity index (χ4n) is 2.58. The first-order chi connectivity index (χ1) is 12.2. The van der Waals surface area contributed by atoms with Crippen LogP contribution in [0.3, 0.4) is 0 Å². The summed E-state index contributed by atoms with van der Waals surface area (Å²) in [5.74, 6) is 0.829. The van der Waals surface area contributed by atoms with E-state index in [-0.39, 0.29) is 0 Å². The quantitative estimate of drug-likeness (QED) is 0.568. The molecule has 4 heteroatoms. The predicted octanol–water partition coefficient (Wildman–Crippen LogP) is 3.79. The number of rotatable bonds is 8. The first kappa shape index (κ1) is 19.0. The van der Waals surface area contributed by atoms with Crippen LogP contribution in [0.5, 0.6) is 0 Å². The molecule has 0 saturated carbocycles. The summed E-state index contributed by atoms with van der Waals surface area (Å²) in [5.41, 5.74) is 4.92. The minimum absolute atomic E-state index is 0.644. The summed E-state index contributed by atoms with van der Waals surface area (Å²) in [4.78, 5) is 4.69.